The number of ether oxygens (including phenoxy) is 1. The van der Waals surface area contributed by atoms with Gasteiger partial charge in [0.2, 0.25) is 0 Å². The Labute approximate surface area is 207 Å². The number of carbonyl (C=O) groups excluding carboxylic acids is 1. The predicted octanol–water partition coefficient (Wildman–Crippen LogP) is 6.02. The van der Waals surface area contributed by atoms with Crippen LogP contribution in [0.3, 0.4) is 0 Å². The van der Waals surface area contributed by atoms with Gasteiger partial charge in [0.15, 0.2) is 5.60 Å². The second-order valence-corrected chi connectivity index (χ2v) is 9.75. The van der Waals surface area contributed by atoms with Gasteiger partial charge < -0.3 is 20.1 Å². The summed E-state index contributed by atoms with van der Waals surface area (Å²) in [5.41, 5.74) is 1.76. The highest BCUT2D eigenvalue weighted by Gasteiger charge is 2.52. The molecule has 4 rings (SSSR count). The van der Waals surface area contributed by atoms with E-state index in [-0.39, 0.29) is 22.6 Å². The molecule has 0 aliphatic carbocycles. The highest BCUT2D eigenvalue weighted by molar-refractivity contribution is 9.11. The highest BCUT2D eigenvalue weighted by atomic mass is 79.9. The molecule has 0 unspecified atom stereocenters. The lowest BCUT2D eigenvalue weighted by molar-refractivity contribution is 0.0243. The average molecular weight is 576 g/mol. The smallest absolute Gasteiger partial charge is 0.341 e. The zero-order chi connectivity index (χ0) is 24.4. The second-order valence-electron chi connectivity index (χ2n) is 8.16. The first kappa shape index (κ1) is 23.3. The number of fused-ring (bicyclic) bond motifs is 1. The van der Waals surface area contributed by atoms with E-state index in [1.54, 1.807) is 52.0 Å². The molecule has 0 fully saturated rings. The first-order valence-electron chi connectivity index (χ1n) is 10.0. The van der Waals surface area contributed by atoms with Crippen molar-refractivity contribution < 1.29 is 29.6 Å². The molecule has 3 aromatic carbocycles. The molecular weight excluding hydrogens is 556 g/mol. The molecule has 0 spiro atoms. The summed E-state index contributed by atoms with van der Waals surface area (Å²) in [6.07, 6.45) is 0. The van der Waals surface area contributed by atoms with Crippen LogP contribution >= 0.6 is 31.9 Å². The average Bonchev–Trinajstić information content (AvgIpc) is 3.08. The van der Waals surface area contributed by atoms with Crippen molar-refractivity contribution in [3.8, 4) is 11.5 Å². The number of carboxylic acids is 1. The summed E-state index contributed by atoms with van der Waals surface area (Å²) < 4.78 is 7.11. The lowest BCUT2D eigenvalue weighted by atomic mass is 9.75. The lowest BCUT2D eigenvalue weighted by Crippen LogP contribution is -2.32. The molecule has 6 nitrogen and oxygen atoms in total. The number of esters is 1. The summed E-state index contributed by atoms with van der Waals surface area (Å²) in [4.78, 5) is 25.1. The number of carbonyl (C=O) groups is 2. The quantitative estimate of drug-likeness (QED) is 0.330. The summed E-state index contributed by atoms with van der Waals surface area (Å²) in [7, 11) is 0. The Bertz CT molecular complexity index is 1310. The zero-order valence-electron chi connectivity index (χ0n) is 18.2. The summed E-state index contributed by atoms with van der Waals surface area (Å²) in [6, 6.07) is 8.15. The third-order valence-electron chi connectivity index (χ3n) is 6.23. The Kier molecular flexibility index (Phi) is 5.57. The fourth-order valence-electron chi connectivity index (χ4n) is 4.50. The molecule has 170 valence electrons. The Morgan fingerprint density at radius 1 is 0.879 bits per heavy atom. The number of carboxylic acid groups (broad SMARTS) is 1. The number of cyclic esters (lactones) is 1. The number of halogens is 2. The maximum absolute atomic E-state index is 13.2. The van der Waals surface area contributed by atoms with Crippen LogP contribution in [-0.4, -0.2) is 27.3 Å². The minimum atomic E-state index is -1.59. The van der Waals surface area contributed by atoms with E-state index in [0.717, 1.165) is 0 Å². The van der Waals surface area contributed by atoms with E-state index in [1.165, 1.54) is 6.07 Å². The largest absolute Gasteiger partial charge is 0.506 e. The van der Waals surface area contributed by atoms with Gasteiger partial charge in [-0.1, -0.05) is 12.1 Å². The fourth-order valence-corrected chi connectivity index (χ4v) is 5.32. The van der Waals surface area contributed by atoms with Gasteiger partial charge in [-0.05, 0) is 100 Å². The van der Waals surface area contributed by atoms with Crippen LogP contribution in [0.1, 0.15) is 59.7 Å². The van der Waals surface area contributed by atoms with Crippen LogP contribution in [0.5, 0.6) is 11.5 Å². The standard InChI is InChI=1S/C25H20Br2O6/c1-10-8-16(12(3)21(28)19(10)26)25(17-9-11(2)20(27)22(29)13(17)4)15-7-5-6-14(23(30)31)18(15)24(32)33-25/h5-9,28-29H,1-4H3,(H,30,31). The first-order valence-corrected chi connectivity index (χ1v) is 11.6. The number of hydrogen-bond acceptors (Lipinski definition) is 5. The van der Waals surface area contributed by atoms with Crippen molar-refractivity contribution in [2.45, 2.75) is 33.3 Å². The van der Waals surface area contributed by atoms with Crippen LogP contribution in [0.15, 0.2) is 39.3 Å². The maximum Gasteiger partial charge on any atom is 0.341 e. The monoisotopic (exact) mass is 574 g/mol. The molecule has 1 heterocycles. The topological polar surface area (TPSA) is 104 Å². The lowest BCUT2D eigenvalue weighted by Gasteiger charge is -2.34. The van der Waals surface area contributed by atoms with Crippen LogP contribution in [-0.2, 0) is 10.3 Å². The molecule has 0 bridgehead atoms. The van der Waals surface area contributed by atoms with Gasteiger partial charge in [0.1, 0.15) is 11.5 Å². The summed E-state index contributed by atoms with van der Waals surface area (Å²) >= 11 is 6.77. The van der Waals surface area contributed by atoms with Crippen molar-refractivity contribution >= 4 is 43.8 Å². The van der Waals surface area contributed by atoms with E-state index in [0.29, 0.717) is 47.9 Å². The van der Waals surface area contributed by atoms with Crippen LogP contribution < -0.4 is 0 Å². The van der Waals surface area contributed by atoms with E-state index in [4.69, 9.17) is 4.74 Å². The number of phenolic OH excluding ortho intramolecular Hbond substituents is 2. The molecule has 0 amide bonds. The third-order valence-corrected chi connectivity index (χ3v) is 8.23. The number of rotatable bonds is 3. The van der Waals surface area contributed by atoms with Gasteiger partial charge in [-0.15, -0.1) is 0 Å². The second kappa shape index (κ2) is 7.88. The molecule has 3 N–H and O–H groups in total. The van der Waals surface area contributed by atoms with E-state index < -0.39 is 17.5 Å². The number of benzene rings is 3. The van der Waals surface area contributed by atoms with Crippen LogP contribution in [0.2, 0.25) is 0 Å². The number of hydrogen-bond donors (Lipinski definition) is 3. The molecule has 1 aliphatic rings. The molecule has 0 atom stereocenters. The van der Waals surface area contributed by atoms with E-state index >= 15 is 0 Å². The molecular formula is C25H20Br2O6. The zero-order valence-corrected chi connectivity index (χ0v) is 21.4. The molecule has 0 saturated carbocycles. The minimum Gasteiger partial charge on any atom is -0.506 e. The summed E-state index contributed by atoms with van der Waals surface area (Å²) in [5.74, 6) is -2.07. The summed E-state index contributed by atoms with van der Waals surface area (Å²) in [5, 5.41) is 31.4. The Morgan fingerprint density at radius 3 is 1.82 bits per heavy atom. The van der Waals surface area contributed by atoms with Crippen LogP contribution in [0.25, 0.3) is 0 Å². The van der Waals surface area contributed by atoms with E-state index in [1.807, 2.05) is 0 Å². The minimum absolute atomic E-state index is 0.0148. The van der Waals surface area contributed by atoms with Gasteiger partial charge >= 0.3 is 11.9 Å². The Hall–Kier alpha value is -2.84. The summed E-state index contributed by atoms with van der Waals surface area (Å²) in [6.45, 7) is 6.99. The van der Waals surface area contributed by atoms with Crippen molar-refractivity contribution in [3.05, 3.63) is 89.3 Å². The van der Waals surface area contributed by atoms with Gasteiger partial charge in [0, 0.05) is 16.7 Å². The van der Waals surface area contributed by atoms with Crippen molar-refractivity contribution in [3.63, 3.8) is 0 Å². The van der Waals surface area contributed by atoms with Crippen LogP contribution in [0.4, 0.5) is 0 Å². The van der Waals surface area contributed by atoms with E-state index in [2.05, 4.69) is 31.9 Å². The molecule has 3 aromatic rings. The van der Waals surface area contributed by atoms with Gasteiger partial charge in [-0.3, -0.25) is 0 Å². The molecule has 0 saturated heterocycles. The SMILES string of the molecule is Cc1cc(C2(c3cc(C)c(Br)c(O)c3C)OC(=O)c3c(C(=O)O)cccc32)c(C)c(O)c1Br. The Balaban J connectivity index is 2.25. The molecule has 1 aliphatic heterocycles. The molecule has 8 heteroatoms. The van der Waals surface area contributed by atoms with Gasteiger partial charge in [-0.25, -0.2) is 9.59 Å². The van der Waals surface area contributed by atoms with Crippen molar-refractivity contribution in [2.24, 2.45) is 0 Å². The molecule has 33 heavy (non-hydrogen) atoms. The number of phenols is 2. The van der Waals surface area contributed by atoms with Gasteiger partial charge in [-0.2, -0.15) is 0 Å². The third kappa shape index (κ3) is 3.19. The number of aromatic carboxylic acids is 1. The first-order chi connectivity index (χ1) is 15.4. The molecule has 0 aromatic heterocycles. The predicted molar refractivity (Wildman–Crippen MR) is 129 cm³/mol. The van der Waals surface area contributed by atoms with Gasteiger partial charge in [0.25, 0.3) is 0 Å². The molecule has 0 radical (unpaired) electrons. The van der Waals surface area contributed by atoms with Crippen molar-refractivity contribution in [1.82, 2.24) is 0 Å². The van der Waals surface area contributed by atoms with Crippen molar-refractivity contribution in [1.29, 1.82) is 0 Å². The normalized spacial score (nSPS) is 14.2. The van der Waals surface area contributed by atoms with Crippen LogP contribution in [0, 0.1) is 27.7 Å². The van der Waals surface area contributed by atoms with Crippen molar-refractivity contribution in [2.75, 3.05) is 0 Å². The number of aryl methyl sites for hydroxylation is 2. The fraction of sp³-hybridized carbons (Fsp3) is 0.200. The highest BCUT2D eigenvalue weighted by Crippen LogP contribution is 2.53. The Morgan fingerprint density at radius 2 is 1.36 bits per heavy atom. The maximum atomic E-state index is 13.2. The van der Waals surface area contributed by atoms with Gasteiger partial charge in [0.05, 0.1) is 20.1 Å². The number of aromatic hydroxyl groups is 2. The van der Waals surface area contributed by atoms with E-state index in [9.17, 15) is 24.9 Å².